The van der Waals surface area contributed by atoms with Crippen molar-refractivity contribution >= 4 is 27.3 Å². The molecular weight excluding hydrogens is 356 g/mol. The number of sulfone groups is 1. The summed E-state index contributed by atoms with van der Waals surface area (Å²) in [4.78, 5) is 26.2. The first-order chi connectivity index (χ1) is 12.2. The smallest absolute Gasteiger partial charge is 0.260 e. The average Bonchev–Trinajstić information content (AvgIpc) is 2.59. The molecule has 2 amide bonds. The quantitative estimate of drug-likeness (QED) is 0.871. The standard InChI is InChI=1S/C18H18N2O5S/c1-11-7-8-12(26(2,23)24)9-13(11)18(22)20-10-16(17(19)21)25-15-6-4-3-5-14(15)20/h3-9,16H,10H2,1-2H3,(H2,19,21)/t16-/m1/s1. The Morgan fingerprint density at radius 1 is 1.19 bits per heavy atom. The van der Waals surface area contributed by atoms with Gasteiger partial charge in [0.1, 0.15) is 5.75 Å². The molecule has 8 heteroatoms. The van der Waals surface area contributed by atoms with Gasteiger partial charge in [0.25, 0.3) is 11.8 Å². The van der Waals surface area contributed by atoms with Crippen LogP contribution in [0, 0.1) is 6.92 Å². The number of carbonyl (C=O) groups excluding carboxylic acids is 2. The van der Waals surface area contributed by atoms with E-state index in [1.807, 2.05) is 0 Å². The molecule has 0 unspecified atom stereocenters. The Morgan fingerprint density at radius 2 is 1.88 bits per heavy atom. The zero-order valence-electron chi connectivity index (χ0n) is 14.3. The van der Waals surface area contributed by atoms with Gasteiger partial charge in [0.15, 0.2) is 15.9 Å². The number of ether oxygens (including phenoxy) is 1. The lowest BCUT2D eigenvalue weighted by Crippen LogP contribution is -2.49. The summed E-state index contributed by atoms with van der Waals surface area (Å²) in [5.74, 6) is -0.735. The van der Waals surface area contributed by atoms with Crippen LogP contribution < -0.4 is 15.4 Å². The molecule has 2 N–H and O–H groups in total. The van der Waals surface area contributed by atoms with Crippen LogP contribution in [0.4, 0.5) is 5.69 Å². The number of nitrogens with two attached hydrogens (primary N) is 1. The molecule has 0 saturated carbocycles. The average molecular weight is 374 g/mol. The molecule has 0 aromatic heterocycles. The van der Waals surface area contributed by atoms with Crippen LogP contribution in [0.3, 0.4) is 0 Å². The lowest BCUT2D eigenvalue weighted by molar-refractivity contribution is -0.124. The minimum Gasteiger partial charge on any atom is -0.477 e. The highest BCUT2D eigenvalue weighted by molar-refractivity contribution is 7.90. The van der Waals surface area contributed by atoms with Gasteiger partial charge in [-0.25, -0.2) is 8.42 Å². The lowest BCUT2D eigenvalue weighted by Gasteiger charge is -2.33. The number of fused-ring (bicyclic) bond motifs is 1. The van der Waals surface area contributed by atoms with E-state index in [1.54, 1.807) is 37.3 Å². The second-order valence-corrected chi connectivity index (χ2v) is 8.16. The molecule has 2 aromatic carbocycles. The summed E-state index contributed by atoms with van der Waals surface area (Å²) in [7, 11) is -3.46. The van der Waals surface area contributed by atoms with Crippen molar-refractivity contribution in [1.29, 1.82) is 0 Å². The molecule has 3 rings (SSSR count). The van der Waals surface area contributed by atoms with Gasteiger partial charge in [0.05, 0.1) is 17.1 Å². The maximum absolute atomic E-state index is 13.2. The minimum absolute atomic E-state index is 0.0479. The molecule has 0 radical (unpaired) electrons. The SMILES string of the molecule is Cc1ccc(S(C)(=O)=O)cc1C(=O)N1C[C@H](C(N)=O)Oc2ccccc21. The summed E-state index contributed by atoms with van der Waals surface area (Å²) < 4.78 is 29.2. The van der Waals surface area contributed by atoms with Gasteiger partial charge in [-0.05, 0) is 36.8 Å². The van der Waals surface area contributed by atoms with E-state index in [0.717, 1.165) is 6.26 Å². The number of amides is 2. The van der Waals surface area contributed by atoms with Crippen LogP contribution in [-0.4, -0.2) is 39.1 Å². The van der Waals surface area contributed by atoms with Crippen molar-refractivity contribution in [1.82, 2.24) is 0 Å². The molecule has 0 saturated heterocycles. The Morgan fingerprint density at radius 3 is 2.54 bits per heavy atom. The molecule has 1 heterocycles. The second-order valence-electron chi connectivity index (χ2n) is 6.14. The van der Waals surface area contributed by atoms with E-state index in [1.165, 1.54) is 17.0 Å². The van der Waals surface area contributed by atoms with E-state index in [-0.39, 0.29) is 17.0 Å². The summed E-state index contributed by atoms with van der Waals surface area (Å²) in [5.41, 5.74) is 6.72. The fourth-order valence-corrected chi connectivity index (χ4v) is 3.43. The molecule has 1 aliphatic rings. The van der Waals surface area contributed by atoms with Crippen molar-refractivity contribution in [3.63, 3.8) is 0 Å². The highest BCUT2D eigenvalue weighted by Gasteiger charge is 2.33. The van der Waals surface area contributed by atoms with Gasteiger partial charge in [-0.3, -0.25) is 9.59 Å². The van der Waals surface area contributed by atoms with Gasteiger partial charge in [-0.1, -0.05) is 18.2 Å². The number of carbonyl (C=O) groups is 2. The monoisotopic (exact) mass is 374 g/mol. The Labute approximate surface area is 151 Å². The molecule has 0 aliphatic carbocycles. The van der Waals surface area contributed by atoms with E-state index in [0.29, 0.717) is 17.0 Å². The Kier molecular flexibility index (Phi) is 4.45. The normalized spacial score (nSPS) is 16.5. The molecule has 0 fully saturated rings. The lowest BCUT2D eigenvalue weighted by atomic mass is 10.1. The Bertz CT molecular complexity index is 1000. The summed E-state index contributed by atoms with van der Waals surface area (Å²) in [6.07, 6.45) is 0.103. The number of para-hydroxylation sites is 2. The van der Waals surface area contributed by atoms with Crippen LogP contribution in [0.5, 0.6) is 5.75 Å². The summed E-state index contributed by atoms with van der Waals surface area (Å²) in [6.45, 7) is 1.67. The Balaban J connectivity index is 2.08. The van der Waals surface area contributed by atoms with Gasteiger partial charge in [0.2, 0.25) is 0 Å². The molecule has 26 heavy (non-hydrogen) atoms. The summed E-state index contributed by atoms with van der Waals surface area (Å²) in [6, 6.07) is 11.2. The molecule has 2 aromatic rings. The number of aryl methyl sites for hydroxylation is 1. The van der Waals surface area contributed by atoms with Crippen LogP contribution >= 0.6 is 0 Å². The van der Waals surface area contributed by atoms with Gasteiger partial charge < -0.3 is 15.4 Å². The van der Waals surface area contributed by atoms with Crippen LogP contribution in [-0.2, 0) is 14.6 Å². The van der Waals surface area contributed by atoms with Gasteiger partial charge in [0, 0.05) is 11.8 Å². The number of anilines is 1. The topological polar surface area (TPSA) is 107 Å². The molecule has 7 nitrogen and oxygen atoms in total. The van der Waals surface area contributed by atoms with Crippen LogP contribution in [0.2, 0.25) is 0 Å². The van der Waals surface area contributed by atoms with Crippen molar-refractivity contribution in [2.75, 3.05) is 17.7 Å². The number of benzene rings is 2. The van der Waals surface area contributed by atoms with Crippen LogP contribution in [0.25, 0.3) is 0 Å². The van der Waals surface area contributed by atoms with Crippen molar-refractivity contribution < 1.29 is 22.7 Å². The third-order valence-electron chi connectivity index (χ3n) is 4.20. The molecule has 136 valence electrons. The number of rotatable bonds is 3. The second kappa shape index (κ2) is 6.45. The number of primary amides is 1. The van der Waals surface area contributed by atoms with Gasteiger partial charge in [-0.2, -0.15) is 0 Å². The largest absolute Gasteiger partial charge is 0.477 e. The van der Waals surface area contributed by atoms with Crippen molar-refractivity contribution in [3.8, 4) is 5.75 Å². The fraction of sp³-hybridized carbons (Fsp3) is 0.222. The van der Waals surface area contributed by atoms with Crippen molar-refractivity contribution in [2.45, 2.75) is 17.9 Å². The van der Waals surface area contributed by atoms with E-state index in [2.05, 4.69) is 0 Å². The first kappa shape index (κ1) is 17.9. The Hall–Kier alpha value is -2.87. The molecule has 0 spiro atoms. The van der Waals surface area contributed by atoms with Crippen LogP contribution in [0.15, 0.2) is 47.4 Å². The van der Waals surface area contributed by atoms with Crippen LogP contribution in [0.1, 0.15) is 15.9 Å². The van der Waals surface area contributed by atoms with Crippen molar-refractivity contribution in [2.24, 2.45) is 5.73 Å². The highest BCUT2D eigenvalue weighted by Crippen LogP contribution is 2.34. The van der Waals surface area contributed by atoms with E-state index < -0.39 is 27.8 Å². The number of hydrogen-bond acceptors (Lipinski definition) is 5. The van der Waals surface area contributed by atoms with E-state index in [4.69, 9.17) is 10.5 Å². The minimum atomic E-state index is -3.46. The first-order valence-corrected chi connectivity index (χ1v) is 9.75. The van der Waals surface area contributed by atoms with Crippen molar-refractivity contribution in [3.05, 3.63) is 53.6 Å². The predicted molar refractivity (Wildman–Crippen MR) is 96.0 cm³/mol. The number of nitrogens with zero attached hydrogens (tertiary/aromatic N) is 1. The predicted octanol–water partition coefficient (Wildman–Crippen LogP) is 1.29. The summed E-state index contributed by atoms with van der Waals surface area (Å²) >= 11 is 0. The van der Waals surface area contributed by atoms with E-state index in [9.17, 15) is 18.0 Å². The molecule has 1 atom stereocenters. The van der Waals surface area contributed by atoms with E-state index >= 15 is 0 Å². The van der Waals surface area contributed by atoms with Gasteiger partial charge in [-0.15, -0.1) is 0 Å². The third-order valence-corrected chi connectivity index (χ3v) is 5.31. The molecule has 0 bridgehead atoms. The fourth-order valence-electron chi connectivity index (χ4n) is 2.78. The maximum Gasteiger partial charge on any atom is 0.260 e. The maximum atomic E-state index is 13.2. The highest BCUT2D eigenvalue weighted by atomic mass is 32.2. The summed E-state index contributed by atoms with van der Waals surface area (Å²) in [5, 5.41) is 0. The zero-order chi connectivity index (χ0) is 19.1. The molecule has 1 aliphatic heterocycles. The third kappa shape index (κ3) is 3.28. The van der Waals surface area contributed by atoms with Gasteiger partial charge >= 0.3 is 0 Å². The molecular formula is C18H18N2O5S. The number of hydrogen-bond donors (Lipinski definition) is 1. The first-order valence-electron chi connectivity index (χ1n) is 7.86. The zero-order valence-corrected chi connectivity index (χ0v) is 15.1.